The lowest BCUT2D eigenvalue weighted by Crippen LogP contribution is -2.14. The minimum atomic E-state index is 0.190. The Hall–Kier alpha value is -2.13. The van der Waals surface area contributed by atoms with E-state index in [9.17, 15) is 4.79 Å². The molecule has 31 heavy (non-hydrogen) atoms. The highest BCUT2D eigenvalue weighted by Gasteiger charge is 2.16. The average molecular weight is 425 g/mol. The summed E-state index contributed by atoms with van der Waals surface area (Å²) in [6.45, 7) is 9.27. The van der Waals surface area contributed by atoms with Gasteiger partial charge in [0.2, 0.25) is 0 Å². The summed E-state index contributed by atoms with van der Waals surface area (Å²) in [6, 6.07) is 8.90. The third-order valence-corrected chi connectivity index (χ3v) is 5.81. The minimum absolute atomic E-state index is 0.190. The summed E-state index contributed by atoms with van der Waals surface area (Å²) in [5.74, 6) is 0.604. The number of aryl methyl sites for hydroxylation is 1. The molecular weight excluding hydrogens is 380 g/mol. The van der Waals surface area contributed by atoms with E-state index in [1.54, 1.807) is 0 Å². The number of benzene rings is 1. The van der Waals surface area contributed by atoms with Crippen LogP contribution < -0.4 is 5.32 Å². The van der Waals surface area contributed by atoms with Crippen molar-refractivity contribution in [1.29, 1.82) is 0 Å². The summed E-state index contributed by atoms with van der Waals surface area (Å²) in [4.78, 5) is 15.0. The molecule has 0 fully saturated rings. The first kappa shape index (κ1) is 26.9. The smallest absolute Gasteiger partial charge is 0.136 e. The second-order valence-electron chi connectivity index (χ2n) is 8.68. The molecule has 0 amide bonds. The quantitative estimate of drug-likeness (QED) is 0.248. The number of carbonyl (C=O) groups is 1. The van der Waals surface area contributed by atoms with Crippen LogP contribution in [0.2, 0.25) is 0 Å². The fraction of sp³-hybridized carbons (Fsp3) is 0.536. The molecule has 0 spiro atoms. The molecule has 1 atom stereocenters. The SMILES string of the molecule is C/C=C/N/C=C(CCC(=O)[C@@H](CC)CCCCc1cccc(CN(C)C)c1)\C(C)=C\C. The maximum absolute atomic E-state index is 12.8. The van der Waals surface area contributed by atoms with Gasteiger partial charge in [-0.1, -0.05) is 55.3 Å². The van der Waals surface area contributed by atoms with Crippen LogP contribution in [-0.4, -0.2) is 24.8 Å². The van der Waals surface area contributed by atoms with Crippen molar-refractivity contribution in [3.8, 4) is 0 Å². The van der Waals surface area contributed by atoms with Crippen molar-refractivity contribution in [3.05, 3.63) is 71.1 Å². The van der Waals surface area contributed by atoms with Gasteiger partial charge in [0.05, 0.1) is 0 Å². The van der Waals surface area contributed by atoms with Crippen LogP contribution in [-0.2, 0) is 17.8 Å². The molecule has 1 N–H and O–H groups in total. The van der Waals surface area contributed by atoms with E-state index in [0.29, 0.717) is 12.2 Å². The fourth-order valence-corrected chi connectivity index (χ4v) is 3.84. The lowest BCUT2D eigenvalue weighted by molar-refractivity contribution is -0.123. The molecule has 0 heterocycles. The van der Waals surface area contributed by atoms with E-state index in [-0.39, 0.29) is 5.92 Å². The number of Topliss-reactive ketones (excluding diaryl/α,β-unsaturated/α-hetero) is 1. The summed E-state index contributed by atoms with van der Waals surface area (Å²) in [7, 11) is 4.21. The van der Waals surface area contributed by atoms with Gasteiger partial charge in [0.1, 0.15) is 5.78 Å². The van der Waals surface area contributed by atoms with Gasteiger partial charge in [-0.3, -0.25) is 4.79 Å². The van der Waals surface area contributed by atoms with E-state index in [2.05, 4.69) is 68.5 Å². The first-order valence-corrected chi connectivity index (χ1v) is 11.9. The molecule has 172 valence electrons. The topological polar surface area (TPSA) is 32.3 Å². The lowest BCUT2D eigenvalue weighted by atomic mass is 9.89. The van der Waals surface area contributed by atoms with Crippen molar-refractivity contribution < 1.29 is 4.79 Å². The number of nitrogens with one attached hydrogen (secondary N) is 1. The second kappa shape index (κ2) is 15.6. The first-order chi connectivity index (χ1) is 14.9. The van der Waals surface area contributed by atoms with Gasteiger partial charge in [0, 0.05) is 25.1 Å². The zero-order chi connectivity index (χ0) is 23.1. The minimum Gasteiger partial charge on any atom is -0.368 e. The van der Waals surface area contributed by atoms with Crippen LogP contribution in [0.15, 0.2) is 60.0 Å². The largest absolute Gasteiger partial charge is 0.368 e. The Kier molecular flexibility index (Phi) is 13.6. The van der Waals surface area contributed by atoms with Gasteiger partial charge in [-0.05, 0) is 89.9 Å². The summed E-state index contributed by atoms with van der Waals surface area (Å²) < 4.78 is 0. The molecule has 0 saturated heterocycles. The van der Waals surface area contributed by atoms with Crippen LogP contribution in [0.1, 0.15) is 77.3 Å². The van der Waals surface area contributed by atoms with Gasteiger partial charge < -0.3 is 10.2 Å². The van der Waals surface area contributed by atoms with Crippen molar-refractivity contribution in [2.45, 2.75) is 79.2 Å². The maximum Gasteiger partial charge on any atom is 0.136 e. The van der Waals surface area contributed by atoms with Gasteiger partial charge in [-0.25, -0.2) is 0 Å². The van der Waals surface area contributed by atoms with Gasteiger partial charge in [0.15, 0.2) is 0 Å². The number of hydrogen-bond donors (Lipinski definition) is 1. The molecule has 0 radical (unpaired) electrons. The molecule has 0 aromatic heterocycles. The summed E-state index contributed by atoms with van der Waals surface area (Å²) in [6.07, 6.45) is 14.7. The molecule has 0 aliphatic rings. The monoisotopic (exact) mass is 424 g/mol. The van der Waals surface area contributed by atoms with E-state index in [0.717, 1.165) is 45.1 Å². The van der Waals surface area contributed by atoms with E-state index >= 15 is 0 Å². The van der Waals surface area contributed by atoms with Crippen LogP contribution >= 0.6 is 0 Å². The van der Waals surface area contributed by atoms with Gasteiger partial charge in [-0.2, -0.15) is 0 Å². The zero-order valence-corrected chi connectivity index (χ0v) is 20.7. The molecule has 0 aliphatic carbocycles. The highest BCUT2D eigenvalue weighted by Crippen LogP contribution is 2.21. The predicted molar refractivity (Wildman–Crippen MR) is 135 cm³/mol. The standard InChI is InChI=1S/C28H44N2O/c1-7-19-29-21-27(23(4)8-2)17-18-28(31)26(9-3)16-11-10-13-24-14-12-15-25(20-24)22-30(5)6/h7-8,12,14-15,19-21,26,29H,9-11,13,16-18,22H2,1-6H3/b19-7+,23-8+,27-21-/t26-/m0/s1. The van der Waals surface area contributed by atoms with Crippen molar-refractivity contribution in [1.82, 2.24) is 10.2 Å². The molecular formula is C28H44N2O. The van der Waals surface area contributed by atoms with Crippen molar-refractivity contribution in [2.75, 3.05) is 14.1 Å². The predicted octanol–water partition coefficient (Wildman–Crippen LogP) is 6.81. The Bertz CT molecular complexity index is 743. The molecule has 1 rings (SSSR count). The van der Waals surface area contributed by atoms with Crippen LogP contribution in [0, 0.1) is 5.92 Å². The summed E-state index contributed by atoms with van der Waals surface area (Å²) in [5, 5.41) is 3.19. The van der Waals surface area contributed by atoms with E-state index < -0.39 is 0 Å². The number of carbonyl (C=O) groups excluding carboxylic acids is 1. The highest BCUT2D eigenvalue weighted by molar-refractivity contribution is 5.81. The molecule has 0 aliphatic heterocycles. The number of rotatable bonds is 15. The van der Waals surface area contributed by atoms with Gasteiger partial charge in [0.25, 0.3) is 0 Å². The Morgan fingerprint density at radius 3 is 2.52 bits per heavy atom. The van der Waals surface area contributed by atoms with Crippen molar-refractivity contribution in [3.63, 3.8) is 0 Å². The maximum atomic E-state index is 12.8. The summed E-state index contributed by atoms with van der Waals surface area (Å²) in [5.41, 5.74) is 5.22. The van der Waals surface area contributed by atoms with Gasteiger partial charge >= 0.3 is 0 Å². The Morgan fingerprint density at radius 1 is 1.13 bits per heavy atom. The van der Waals surface area contributed by atoms with Crippen LogP contribution in [0.3, 0.4) is 0 Å². The lowest BCUT2D eigenvalue weighted by Gasteiger charge is -2.15. The average Bonchev–Trinajstić information content (AvgIpc) is 2.75. The van der Waals surface area contributed by atoms with Crippen molar-refractivity contribution >= 4 is 5.78 Å². The third kappa shape index (κ3) is 11.2. The van der Waals surface area contributed by atoms with Crippen molar-refractivity contribution in [2.24, 2.45) is 5.92 Å². The van der Waals surface area contributed by atoms with Crippen LogP contribution in [0.25, 0.3) is 0 Å². The molecule has 3 heteroatoms. The molecule has 1 aromatic carbocycles. The number of allylic oxidation sites excluding steroid dienone is 4. The van der Waals surface area contributed by atoms with Gasteiger partial charge in [-0.15, -0.1) is 0 Å². The second-order valence-corrected chi connectivity index (χ2v) is 8.68. The third-order valence-electron chi connectivity index (χ3n) is 5.81. The number of ketones is 1. The van der Waals surface area contributed by atoms with E-state index in [1.807, 2.05) is 32.3 Å². The van der Waals surface area contributed by atoms with E-state index in [4.69, 9.17) is 0 Å². The molecule has 1 aromatic rings. The normalized spacial score (nSPS) is 13.8. The number of nitrogens with zero attached hydrogens (tertiary/aromatic N) is 1. The fourth-order valence-electron chi connectivity index (χ4n) is 3.84. The first-order valence-electron chi connectivity index (χ1n) is 11.9. The molecule has 3 nitrogen and oxygen atoms in total. The molecule has 0 bridgehead atoms. The Labute approximate surface area is 191 Å². The van der Waals surface area contributed by atoms with E-state index in [1.165, 1.54) is 22.3 Å². The zero-order valence-electron chi connectivity index (χ0n) is 20.7. The highest BCUT2D eigenvalue weighted by atomic mass is 16.1. The Morgan fingerprint density at radius 2 is 1.87 bits per heavy atom. The van der Waals surface area contributed by atoms with Crippen LogP contribution in [0.5, 0.6) is 0 Å². The number of unbranched alkanes of at least 4 members (excludes halogenated alkanes) is 1. The Balaban J connectivity index is 2.49. The molecule has 0 saturated carbocycles. The number of hydrogen-bond acceptors (Lipinski definition) is 3. The van der Waals surface area contributed by atoms with Crippen LogP contribution in [0.4, 0.5) is 0 Å². The summed E-state index contributed by atoms with van der Waals surface area (Å²) >= 11 is 0. The molecule has 0 unspecified atom stereocenters.